The van der Waals surface area contributed by atoms with Crippen molar-refractivity contribution in [1.82, 2.24) is 10.2 Å². The summed E-state index contributed by atoms with van der Waals surface area (Å²) in [6, 6.07) is 26.3. The second-order valence-corrected chi connectivity index (χ2v) is 13.1. The molecule has 2 amide bonds. The van der Waals surface area contributed by atoms with Crippen LogP contribution >= 0.6 is 0 Å². The van der Waals surface area contributed by atoms with Gasteiger partial charge in [-0.15, -0.1) is 0 Å². The molecule has 1 atom stereocenters. The number of sulfonamides is 1. The van der Waals surface area contributed by atoms with Gasteiger partial charge in [-0.25, -0.2) is 8.42 Å². The predicted octanol–water partition coefficient (Wildman–Crippen LogP) is 6.37. The highest BCUT2D eigenvalue weighted by molar-refractivity contribution is 7.92. The predicted molar refractivity (Wildman–Crippen MR) is 171 cm³/mol. The van der Waals surface area contributed by atoms with Gasteiger partial charge < -0.3 is 10.2 Å². The summed E-state index contributed by atoms with van der Waals surface area (Å²) in [7, 11) is -4.54. The lowest BCUT2D eigenvalue weighted by Gasteiger charge is -2.34. The molecule has 0 unspecified atom stereocenters. The highest BCUT2D eigenvalue weighted by Crippen LogP contribution is 2.33. The smallest absolute Gasteiger partial charge is 0.352 e. The van der Waals surface area contributed by atoms with Gasteiger partial charge in [-0.05, 0) is 62.2 Å². The molecule has 0 aliphatic rings. The maximum absolute atomic E-state index is 14.4. The average molecular weight is 652 g/mol. The molecule has 11 heteroatoms. The van der Waals surface area contributed by atoms with Gasteiger partial charge in [0.25, 0.3) is 10.0 Å². The zero-order chi connectivity index (χ0) is 33.5. The quantitative estimate of drug-likeness (QED) is 0.193. The van der Waals surface area contributed by atoms with Crippen LogP contribution in [0.4, 0.5) is 18.9 Å². The van der Waals surface area contributed by atoms with Crippen molar-refractivity contribution in [3.8, 4) is 0 Å². The van der Waals surface area contributed by atoms with E-state index in [2.05, 4.69) is 5.32 Å². The topological polar surface area (TPSA) is 86.8 Å². The molecule has 0 aromatic heterocycles. The van der Waals surface area contributed by atoms with E-state index in [1.807, 2.05) is 18.2 Å². The first-order valence-corrected chi connectivity index (χ1v) is 16.1. The Labute approximate surface area is 267 Å². The summed E-state index contributed by atoms with van der Waals surface area (Å²) in [5.74, 6) is -1.22. The van der Waals surface area contributed by atoms with Gasteiger partial charge in [-0.3, -0.25) is 13.9 Å². The Morgan fingerprint density at radius 2 is 1.39 bits per heavy atom. The third-order valence-electron chi connectivity index (χ3n) is 7.25. The Morgan fingerprint density at radius 1 is 0.804 bits per heavy atom. The van der Waals surface area contributed by atoms with Gasteiger partial charge in [0, 0.05) is 19.0 Å². The van der Waals surface area contributed by atoms with E-state index in [4.69, 9.17) is 0 Å². The Balaban J connectivity index is 1.83. The molecular formula is C35H36F3N3O4S. The monoisotopic (exact) mass is 651 g/mol. The molecule has 4 rings (SSSR count). The van der Waals surface area contributed by atoms with Crippen molar-refractivity contribution in [2.24, 2.45) is 0 Å². The highest BCUT2D eigenvalue weighted by atomic mass is 32.2. The molecule has 0 aliphatic heterocycles. The number of carbonyl (C=O) groups excluding carboxylic acids is 2. The lowest BCUT2D eigenvalue weighted by atomic mass is 10.0. The van der Waals surface area contributed by atoms with E-state index in [-0.39, 0.29) is 29.6 Å². The fourth-order valence-electron chi connectivity index (χ4n) is 4.92. The fraction of sp³-hybridized carbons (Fsp3) is 0.257. The molecule has 0 fully saturated rings. The molecule has 0 saturated carbocycles. The van der Waals surface area contributed by atoms with E-state index in [1.54, 1.807) is 75.4 Å². The van der Waals surface area contributed by atoms with E-state index in [1.165, 1.54) is 23.1 Å². The number of hydrogen-bond donors (Lipinski definition) is 1. The van der Waals surface area contributed by atoms with Gasteiger partial charge in [0.2, 0.25) is 11.8 Å². The van der Waals surface area contributed by atoms with Crippen LogP contribution in [0.25, 0.3) is 0 Å². The largest absolute Gasteiger partial charge is 0.416 e. The van der Waals surface area contributed by atoms with Gasteiger partial charge in [-0.1, -0.05) is 84.4 Å². The van der Waals surface area contributed by atoms with Gasteiger partial charge in [0.1, 0.15) is 12.6 Å². The lowest BCUT2D eigenvalue weighted by molar-refractivity contribution is -0.140. The Hall–Kier alpha value is -4.64. The SMILES string of the molecule is Cc1ccc(S(=O)(=O)N(CC(=O)N(Cc2ccccc2)[C@@H](Cc2ccccc2)C(=O)NC(C)C)c2cccc(C(F)(F)F)c2)cc1. The minimum atomic E-state index is -4.76. The highest BCUT2D eigenvalue weighted by Gasteiger charge is 2.36. The maximum Gasteiger partial charge on any atom is 0.416 e. The number of alkyl halides is 3. The number of anilines is 1. The van der Waals surface area contributed by atoms with E-state index in [0.717, 1.165) is 23.3 Å². The first-order chi connectivity index (χ1) is 21.8. The van der Waals surface area contributed by atoms with E-state index in [0.29, 0.717) is 15.9 Å². The van der Waals surface area contributed by atoms with Crippen molar-refractivity contribution < 1.29 is 31.2 Å². The van der Waals surface area contributed by atoms with Crippen LogP contribution in [0.3, 0.4) is 0 Å². The number of hydrogen-bond acceptors (Lipinski definition) is 4. The molecule has 0 spiro atoms. The van der Waals surface area contributed by atoms with E-state index in [9.17, 15) is 31.2 Å². The second kappa shape index (κ2) is 14.6. The molecule has 0 heterocycles. The molecule has 0 radical (unpaired) electrons. The number of rotatable bonds is 12. The van der Waals surface area contributed by atoms with Crippen LogP contribution in [0.5, 0.6) is 0 Å². The normalized spacial score (nSPS) is 12.4. The van der Waals surface area contributed by atoms with Crippen molar-refractivity contribution in [2.75, 3.05) is 10.8 Å². The molecule has 0 aliphatic carbocycles. The first kappa shape index (κ1) is 34.2. The Morgan fingerprint density at radius 3 is 1.96 bits per heavy atom. The molecule has 1 N–H and O–H groups in total. The third kappa shape index (κ3) is 8.75. The summed E-state index contributed by atoms with van der Waals surface area (Å²) in [4.78, 5) is 29.2. The Kier molecular flexibility index (Phi) is 10.9. The first-order valence-electron chi connectivity index (χ1n) is 14.7. The maximum atomic E-state index is 14.4. The van der Waals surface area contributed by atoms with Crippen molar-refractivity contribution in [3.63, 3.8) is 0 Å². The van der Waals surface area contributed by atoms with Crippen molar-refractivity contribution in [2.45, 2.75) is 56.9 Å². The van der Waals surface area contributed by atoms with Crippen LogP contribution in [0.1, 0.15) is 36.1 Å². The van der Waals surface area contributed by atoms with E-state index >= 15 is 0 Å². The van der Waals surface area contributed by atoms with Crippen molar-refractivity contribution >= 4 is 27.5 Å². The van der Waals surface area contributed by atoms with Crippen LogP contribution in [-0.2, 0) is 38.8 Å². The molecular weight excluding hydrogens is 615 g/mol. The number of halogens is 3. The van der Waals surface area contributed by atoms with Gasteiger partial charge >= 0.3 is 6.18 Å². The number of carbonyl (C=O) groups is 2. The van der Waals surface area contributed by atoms with Gasteiger partial charge in [0.05, 0.1) is 16.1 Å². The summed E-state index contributed by atoms with van der Waals surface area (Å²) in [6.07, 6.45) is -4.64. The van der Waals surface area contributed by atoms with Crippen LogP contribution in [0, 0.1) is 6.92 Å². The molecule has 46 heavy (non-hydrogen) atoms. The van der Waals surface area contributed by atoms with Gasteiger partial charge in [-0.2, -0.15) is 13.2 Å². The molecule has 7 nitrogen and oxygen atoms in total. The fourth-order valence-corrected chi connectivity index (χ4v) is 6.32. The lowest BCUT2D eigenvalue weighted by Crippen LogP contribution is -2.54. The minimum absolute atomic E-state index is 0.0519. The molecule has 0 saturated heterocycles. The number of aryl methyl sites for hydroxylation is 1. The number of nitrogens with zero attached hydrogens (tertiary/aromatic N) is 2. The average Bonchev–Trinajstić information content (AvgIpc) is 3.02. The number of benzene rings is 4. The summed E-state index contributed by atoms with van der Waals surface area (Å²) in [5, 5.41) is 2.86. The molecule has 0 bridgehead atoms. The molecule has 4 aromatic rings. The van der Waals surface area contributed by atoms with Crippen LogP contribution in [-0.4, -0.2) is 43.8 Å². The van der Waals surface area contributed by atoms with Crippen molar-refractivity contribution in [1.29, 1.82) is 0 Å². The zero-order valence-corrected chi connectivity index (χ0v) is 26.6. The summed E-state index contributed by atoms with van der Waals surface area (Å²) in [6.45, 7) is 4.42. The summed E-state index contributed by atoms with van der Waals surface area (Å²) >= 11 is 0. The van der Waals surface area contributed by atoms with Crippen molar-refractivity contribution in [3.05, 3.63) is 131 Å². The standard InChI is InChI=1S/C35H36F3N3O4S/c1-25(2)39-34(43)32(21-27-11-6-4-7-12-27)40(23-28-13-8-5-9-14-28)33(42)24-41(30-16-10-15-29(22-30)35(36,37)38)46(44,45)31-19-17-26(3)18-20-31/h4-20,22,25,32H,21,23-24H2,1-3H3,(H,39,43)/t32-/m0/s1. The van der Waals surface area contributed by atoms with E-state index < -0.39 is 46.2 Å². The number of amides is 2. The second-order valence-electron chi connectivity index (χ2n) is 11.2. The minimum Gasteiger partial charge on any atom is -0.352 e. The van der Waals surface area contributed by atoms with Crippen LogP contribution < -0.4 is 9.62 Å². The summed E-state index contributed by atoms with van der Waals surface area (Å²) in [5.41, 5.74) is 0.808. The van der Waals surface area contributed by atoms with Crippen LogP contribution in [0.2, 0.25) is 0 Å². The zero-order valence-electron chi connectivity index (χ0n) is 25.7. The number of nitrogens with one attached hydrogen (secondary N) is 1. The van der Waals surface area contributed by atoms with Crippen LogP contribution in [0.15, 0.2) is 114 Å². The molecule has 242 valence electrons. The third-order valence-corrected chi connectivity index (χ3v) is 9.04. The van der Waals surface area contributed by atoms with Gasteiger partial charge in [0.15, 0.2) is 0 Å². The molecule has 4 aromatic carbocycles. The summed E-state index contributed by atoms with van der Waals surface area (Å²) < 4.78 is 70.0. The Bertz CT molecular complexity index is 1730.